The number of unbranched alkanes of at least 4 members (excludes halogenated alkanes) is 9. The molecule has 1 unspecified atom stereocenters. The Kier molecular flexibility index (Phi) is 39.2. The molecule has 0 amide bonds. The Hall–Kier alpha value is 0.500. The zero-order valence-corrected chi connectivity index (χ0v) is 28.3. The maximum atomic E-state index is 7.55. The predicted octanol–water partition coefficient (Wildman–Crippen LogP) is 9.16. The molecular weight excluding hydrogens is 502 g/mol. The fraction of sp³-hybridized carbons (Fsp3) is 1.00. The molecule has 0 aliphatic carbocycles. The van der Waals surface area contributed by atoms with Crippen LogP contribution in [0.3, 0.4) is 0 Å². The maximum absolute atomic E-state index is 7.55. The molecule has 2 N–H and O–H groups in total. The second-order valence-electron chi connectivity index (χ2n) is 9.46. The second kappa shape index (κ2) is 34.5. The number of hydrogen-bond donors (Lipinski definition) is 0. The number of rotatable bonds is 25. The molecule has 0 fully saturated rings. The van der Waals surface area contributed by atoms with Crippen molar-refractivity contribution in [1.82, 2.24) is 4.90 Å². The largest absolute Gasteiger partial charge is 0.443 e. The minimum atomic E-state index is -1.74. The van der Waals surface area contributed by atoms with Crippen LogP contribution in [0.15, 0.2) is 0 Å². The van der Waals surface area contributed by atoms with E-state index >= 15 is 0 Å². The first-order chi connectivity index (χ1) is 17.9. The molecule has 0 aliphatic heterocycles. The van der Waals surface area contributed by atoms with Gasteiger partial charge in [0.25, 0.3) is 0 Å². The first-order valence-corrected chi connectivity index (χ1v) is 18.1. The van der Waals surface area contributed by atoms with E-state index in [0.717, 1.165) is 31.6 Å². The van der Waals surface area contributed by atoms with Gasteiger partial charge in [-0.05, 0) is 57.3 Å². The third-order valence-corrected chi connectivity index (χ3v) is 9.74. The van der Waals surface area contributed by atoms with E-state index in [1.54, 1.807) is 21.3 Å². The number of nitrogens with zero attached hydrogens (tertiary/aromatic N) is 1. The molecular formula is C30H70NO4S2+. The first kappa shape index (κ1) is 42.0. The summed E-state index contributed by atoms with van der Waals surface area (Å²) in [4.78, 5) is 2.35. The third kappa shape index (κ3) is 30.9. The van der Waals surface area contributed by atoms with Crippen molar-refractivity contribution < 1.29 is 17.7 Å². The van der Waals surface area contributed by atoms with Crippen molar-refractivity contribution in [3.05, 3.63) is 0 Å². The van der Waals surface area contributed by atoms with Crippen LogP contribution in [-0.4, -0.2) is 74.8 Å². The summed E-state index contributed by atoms with van der Waals surface area (Å²) in [6, 6.07) is 0. The summed E-state index contributed by atoms with van der Waals surface area (Å²) in [6.45, 7) is 12.9. The normalized spacial score (nSPS) is 12.5. The molecule has 0 rings (SSSR count). The van der Waals surface area contributed by atoms with Crippen molar-refractivity contribution >= 4 is 22.6 Å². The molecule has 0 aromatic carbocycles. The van der Waals surface area contributed by atoms with Crippen molar-refractivity contribution in [2.24, 2.45) is 0 Å². The zero-order valence-electron chi connectivity index (χ0n) is 26.7. The van der Waals surface area contributed by atoms with E-state index in [2.05, 4.69) is 32.7 Å². The highest BCUT2D eigenvalue weighted by atomic mass is 32.3. The smallest absolute Gasteiger partial charge is 0.153 e. The highest BCUT2D eigenvalue weighted by Crippen LogP contribution is 2.49. The molecule has 37 heavy (non-hydrogen) atoms. The number of thioether (sulfide) groups is 1. The Morgan fingerprint density at radius 3 is 1.62 bits per heavy atom. The van der Waals surface area contributed by atoms with Crippen LogP contribution in [-0.2, 0) is 12.5 Å². The summed E-state index contributed by atoms with van der Waals surface area (Å²) < 4.78 is 16.1. The van der Waals surface area contributed by atoms with Gasteiger partial charge in [-0.2, -0.15) is 11.8 Å². The van der Waals surface area contributed by atoms with E-state index in [1.807, 2.05) is 25.6 Å². The van der Waals surface area contributed by atoms with Crippen LogP contribution in [0.25, 0.3) is 0 Å². The van der Waals surface area contributed by atoms with Crippen molar-refractivity contribution in [3.63, 3.8) is 0 Å². The van der Waals surface area contributed by atoms with Crippen molar-refractivity contribution in [1.29, 1.82) is 0 Å². The molecule has 0 radical (unpaired) electrons. The Morgan fingerprint density at radius 2 is 1.16 bits per heavy atom. The molecule has 0 spiro atoms. The lowest BCUT2D eigenvalue weighted by atomic mass is 10.1. The van der Waals surface area contributed by atoms with E-state index < -0.39 is 10.9 Å². The molecule has 0 aromatic heterocycles. The predicted molar refractivity (Wildman–Crippen MR) is 173 cm³/mol. The van der Waals surface area contributed by atoms with Gasteiger partial charge in [0.2, 0.25) is 0 Å². The molecule has 0 saturated carbocycles. The van der Waals surface area contributed by atoms with Crippen LogP contribution in [0.4, 0.5) is 0 Å². The van der Waals surface area contributed by atoms with Crippen molar-refractivity contribution in [2.75, 3.05) is 58.7 Å². The highest BCUT2D eigenvalue weighted by molar-refractivity contribution is 8.21. The van der Waals surface area contributed by atoms with E-state index in [-0.39, 0.29) is 6.10 Å². The van der Waals surface area contributed by atoms with Gasteiger partial charge < -0.3 is 10.0 Å². The van der Waals surface area contributed by atoms with E-state index in [9.17, 15) is 0 Å². The lowest BCUT2D eigenvalue weighted by Gasteiger charge is -2.33. The molecule has 1 atom stereocenters. The van der Waals surface area contributed by atoms with Gasteiger partial charge in [0, 0.05) is 18.6 Å². The SMILES string of the molecule is CC.CCCCCCCCCCCCSCCCS(OC)(OC)OC.CCCN(C)CCCC([OH2+])CC. The molecule has 7 heteroatoms. The average molecular weight is 573 g/mol. The van der Waals surface area contributed by atoms with Crippen molar-refractivity contribution in [3.8, 4) is 0 Å². The van der Waals surface area contributed by atoms with E-state index in [1.165, 1.54) is 95.1 Å². The van der Waals surface area contributed by atoms with Gasteiger partial charge in [-0.1, -0.05) is 92.4 Å². The van der Waals surface area contributed by atoms with Gasteiger partial charge in [0.05, 0.1) is 32.2 Å². The molecule has 230 valence electrons. The van der Waals surface area contributed by atoms with Gasteiger partial charge >= 0.3 is 0 Å². The number of hydrogen-bond acceptors (Lipinski definition) is 5. The Bertz CT molecular complexity index is 394. The van der Waals surface area contributed by atoms with Crippen LogP contribution in [0.2, 0.25) is 0 Å². The topological polar surface area (TPSA) is 53.8 Å². The summed E-state index contributed by atoms with van der Waals surface area (Å²) in [5.41, 5.74) is 0. The summed E-state index contributed by atoms with van der Waals surface area (Å²) >= 11 is 2.05. The summed E-state index contributed by atoms with van der Waals surface area (Å²) in [6.07, 6.45) is 19.8. The van der Waals surface area contributed by atoms with Gasteiger partial charge in [0.15, 0.2) is 6.10 Å². The highest BCUT2D eigenvalue weighted by Gasteiger charge is 2.21. The quantitative estimate of drug-likeness (QED) is 0.0806. The molecule has 0 heterocycles. The Morgan fingerprint density at radius 1 is 0.676 bits per heavy atom. The summed E-state index contributed by atoms with van der Waals surface area (Å²) in [5, 5.41) is 7.55. The van der Waals surface area contributed by atoms with Gasteiger partial charge in [-0.25, -0.2) is 0 Å². The first-order valence-electron chi connectivity index (χ1n) is 15.4. The van der Waals surface area contributed by atoms with Crippen LogP contribution < -0.4 is 0 Å². The fourth-order valence-corrected chi connectivity index (χ4v) is 6.44. The lowest BCUT2D eigenvalue weighted by molar-refractivity contribution is 0.152. The minimum absolute atomic E-state index is 0.167. The average Bonchev–Trinajstić information content (AvgIpc) is 2.93. The Labute approximate surface area is 240 Å². The van der Waals surface area contributed by atoms with E-state index in [4.69, 9.17) is 17.7 Å². The molecule has 0 bridgehead atoms. The minimum Gasteiger partial charge on any atom is -0.443 e. The molecule has 0 aromatic rings. The van der Waals surface area contributed by atoms with Crippen LogP contribution in [0.1, 0.15) is 131 Å². The zero-order chi connectivity index (χ0) is 28.6. The monoisotopic (exact) mass is 572 g/mol. The van der Waals surface area contributed by atoms with Gasteiger partial charge in [-0.15, -0.1) is 0 Å². The molecule has 5 nitrogen and oxygen atoms in total. The van der Waals surface area contributed by atoms with Crippen LogP contribution >= 0.6 is 22.6 Å². The maximum Gasteiger partial charge on any atom is 0.153 e. The van der Waals surface area contributed by atoms with Crippen LogP contribution in [0, 0.1) is 0 Å². The molecule has 0 saturated heterocycles. The van der Waals surface area contributed by atoms with Crippen molar-refractivity contribution in [2.45, 2.75) is 137 Å². The van der Waals surface area contributed by atoms with Crippen LogP contribution in [0.5, 0.6) is 0 Å². The third-order valence-electron chi connectivity index (χ3n) is 6.28. The molecule has 0 aliphatic rings. The fourth-order valence-electron chi connectivity index (χ4n) is 3.89. The van der Waals surface area contributed by atoms with Gasteiger partial charge in [-0.3, -0.25) is 12.5 Å². The summed E-state index contributed by atoms with van der Waals surface area (Å²) in [5.74, 6) is 3.32. The lowest BCUT2D eigenvalue weighted by Crippen LogP contribution is -2.21. The Balaban J connectivity index is -0.000000694. The van der Waals surface area contributed by atoms with E-state index in [0.29, 0.717) is 0 Å². The second-order valence-corrected chi connectivity index (χ2v) is 13.2. The van der Waals surface area contributed by atoms with Gasteiger partial charge in [0.1, 0.15) is 0 Å². The summed E-state index contributed by atoms with van der Waals surface area (Å²) in [7, 11) is 5.42. The standard InChI is InChI=1S/C18H40O3S2.C10H23NO.C2H6/c1-5-6-7-8-9-10-11-12-13-14-16-22-17-15-18-23(19-2,20-3)21-4;1-4-8-11(3)9-6-7-10(12)5-2;1-2/h5-18H2,1-4H3;10,12H,4-9H2,1-3H3;1-2H3/p+1.